The third kappa shape index (κ3) is 1.63. The summed E-state index contributed by atoms with van der Waals surface area (Å²) in [6, 6.07) is 0. The van der Waals surface area contributed by atoms with Crippen molar-refractivity contribution in [2.45, 2.75) is 44.0 Å². The minimum Gasteiger partial charge on any atom is -0.393 e. The summed E-state index contributed by atoms with van der Waals surface area (Å²) in [6.45, 7) is 1.63. The topological polar surface area (TPSA) is 38.7 Å². The molecule has 0 atom stereocenters. The summed E-state index contributed by atoms with van der Waals surface area (Å²) < 4.78 is 11.2. The molecule has 0 aromatic heterocycles. The van der Waals surface area contributed by atoms with Gasteiger partial charge >= 0.3 is 0 Å². The summed E-state index contributed by atoms with van der Waals surface area (Å²) >= 11 is 0. The summed E-state index contributed by atoms with van der Waals surface area (Å²) in [5.74, 6) is -0.322. The van der Waals surface area contributed by atoms with Crippen LogP contribution in [0.4, 0.5) is 0 Å². The first-order chi connectivity index (χ1) is 5.81. The molecule has 1 N–H and O–H groups in total. The number of aliphatic hydroxyl groups excluding tert-OH is 1. The van der Waals surface area contributed by atoms with E-state index in [1.807, 2.05) is 0 Å². The summed E-state index contributed by atoms with van der Waals surface area (Å²) in [5.41, 5.74) is 0. The predicted octanol–water partition coefficient (Wildman–Crippen LogP) is 1.05. The minimum absolute atomic E-state index is 0.134. The molecule has 1 heterocycles. The predicted molar refractivity (Wildman–Crippen MR) is 43.7 cm³/mol. The molecule has 2 rings (SSSR count). The van der Waals surface area contributed by atoms with Gasteiger partial charge in [-0.3, -0.25) is 0 Å². The maximum atomic E-state index is 9.31. The normalized spacial score (nSPS) is 30.8. The van der Waals surface area contributed by atoms with Gasteiger partial charge in [0.25, 0.3) is 0 Å². The molecule has 0 aromatic rings. The lowest BCUT2D eigenvalue weighted by Gasteiger charge is -2.41. The summed E-state index contributed by atoms with van der Waals surface area (Å²) in [6.07, 6.45) is 4.22. The van der Waals surface area contributed by atoms with Crippen molar-refractivity contribution in [1.82, 2.24) is 0 Å². The molecule has 0 bridgehead atoms. The van der Waals surface area contributed by atoms with Crippen LogP contribution >= 0.6 is 0 Å². The SMILES string of the molecule is OC1CCC2(CC1)OCCCO2. The van der Waals surface area contributed by atoms with Gasteiger partial charge in [0.05, 0.1) is 19.3 Å². The molecular weight excluding hydrogens is 156 g/mol. The van der Waals surface area contributed by atoms with Crippen LogP contribution in [-0.2, 0) is 9.47 Å². The van der Waals surface area contributed by atoms with Gasteiger partial charge < -0.3 is 14.6 Å². The minimum atomic E-state index is -0.322. The standard InChI is InChI=1S/C9H16O3/c10-8-2-4-9(5-3-8)11-6-1-7-12-9/h8,10H,1-7H2. The zero-order valence-electron chi connectivity index (χ0n) is 7.29. The van der Waals surface area contributed by atoms with Crippen LogP contribution in [0, 0.1) is 0 Å². The zero-order chi connectivity index (χ0) is 8.44. The van der Waals surface area contributed by atoms with Crippen LogP contribution < -0.4 is 0 Å². The van der Waals surface area contributed by atoms with Crippen LogP contribution in [0.3, 0.4) is 0 Å². The van der Waals surface area contributed by atoms with E-state index in [1.165, 1.54) is 0 Å². The maximum Gasteiger partial charge on any atom is 0.168 e. The molecule has 0 amide bonds. The molecule has 2 aliphatic rings. The van der Waals surface area contributed by atoms with Gasteiger partial charge in [-0.2, -0.15) is 0 Å². The molecule has 1 saturated carbocycles. The Kier molecular flexibility index (Phi) is 2.35. The number of aliphatic hydroxyl groups is 1. The van der Waals surface area contributed by atoms with Gasteiger partial charge in [0.1, 0.15) is 0 Å². The fraction of sp³-hybridized carbons (Fsp3) is 1.00. The molecule has 1 saturated heterocycles. The van der Waals surface area contributed by atoms with E-state index in [0.717, 1.165) is 45.3 Å². The van der Waals surface area contributed by atoms with E-state index in [9.17, 15) is 5.11 Å². The lowest BCUT2D eigenvalue weighted by atomic mass is 9.91. The summed E-state index contributed by atoms with van der Waals surface area (Å²) in [7, 11) is 0. The Balaban J connectivity index is 1.92. The lowest BCUT2D eigenvalue weighted by molar-refractivity contribution is -0.285. The van der Waals surface area contributed by atoms with Crippen molar-refractivity contribution in [3.8, 4) is 0 Å². The second-order valence-electron chi connectivity index (χ2n) is 3.69. The van der Waals surface area contributed by atoms with Gasteiger partial charge in [0, 0.05) is 12.8 Å². The van der Waals surface area contributed by atoms with E-state index in [0.29, 0.717) is 0 Å². The Morgan fingerprint density at radius 3 is 2.25 bits per heavy atom. The number of hydrogen-bond donors (Lipinski definition) is 1. The van der Waals surface area contributed by atoms with Crippen LogP contribution in [0.25, 0.3) is 0 Å². The van der Waals surface area contributed by atoms with Crippen molar-refractivity contribution in [3.05, 3.63) is 0 Å². The first-order valence-corrected chi connectivity index (χ1v) is 4.77. The van der Waals surface area contributed by atoms with Crippen molar-refractivity contribution in [3.63, 3.8) is 0 Å². The molecule has 70 valence electrons. The van der Waals surface area contributed by atoms with Gasteiger partial charge in [-0.05, 0) is 19.3 Å². The fourth-order valence-corrected chi connectivity index (χ4v) is 1.95. The molecule has 12 heavy (non-hydrogen) atoms. The number of hydrogen-bond acceptors (Lipinski definition) is 3. The molecule has 0 unspecified atom stereocenters. The van der Waals surface area contributed by atoms with Gasteiger partial charge in [-0.1, -0.05) is 0 Å². The largest absolute Gasteiger partial charge is 0.393 e. The molecule has 3 heteroatoms. The third-order valence-electron chi connectivity index (χ3n) is 2.74. The Morgan fingerprint density at radius 1 is 1.08 bits per heavy atom. The van der Waals surface area contributed by atoms with E-state index >= 15 is 0 Å². The average molecular weight is 172 g/mol. The molecule has 0 radical (unpaired) electrons. The highest BCUT2D eigenvalue weighted by Gasteiger charge is 2.38. The molecule has 1 aliphatic carbocycles. The third-order valence-corrected chi connectivity index (χ3v) is 2.74. The van der Waals surface area contributed by atoms with Crippen LogP contribution in [0.5, 0.6) is 0 Å². The Morgan fingerprint density at radius 2 is 1.67 bits per heavy atom. The molecular formula is C9H16O3. The van der Waals surface area contributed by atoms with Crippen LogP contribution in [0.15, 0.2) is 0 Å². The second kappa shape index (κ2) is 3.32. The highest BCUT2D eigenvalue weighted by molar-refractivity contribution is 4.81. The number of ether oxygens (including phenoxy) is 2. The quantitative estimate of drug-likeness (QED) is 0.593. The highest BCUT2D eigenvalue weighted by atomic mass is 16.7. The van der Waals surface area contributed by atoms with Gasteiger partial charge in [-0.25, -0.2) is 0 Å². The van der Waals surface area contributed by atoms with E-state index in [2.05, 4.69) is 0 Å². The highest BCUT2D eigenvalue weighted by Crippen LogP contribution is 2.34. The zero-order valence-corrected chi connectivity index (χ0v) is 7.29. The Hall–Kier alpha value is -0.120. The molecule has 0 aromatic carbocycles. The van der Waals surface area contributed by atoms with Gasteiger partial charge in [0.2, 0.25) is 0 Å². The van der Waals surface area contributed by atoms with E-state index in [4.69, 9.17) is 9.47 Å². The molecule has 1 spiro atoms. The van der Waals surface area contributed by atoms with Crippen molar-refractivity contribution < 1.29 is 14.6 Å². The van der Waals surface area contributed by atoms with Crippen molar-refractivity contribution in [2.24, 2.45) is 0 Å². The van der Waals surface area contributed by atoms with Crippen LogP contribution in [-0.4, -0.2) is 30.2 Å². The van der Waals surface area contributed by atoms with Gasteiger partial charge in [-0.15, -0.1) is 0 Å². The van der Waals surface area contributed by atoms with Crippen LogP contribution in [0.2, 0.25) is 0 Å². The average Bonchev–Trinajstić information content (AvgIpc) is 2.13. The summed E-state index contributed by atoms with van der Waals surface area (Å²) in [4.78, 5) is 0. The monoisotopic (exact) mass is 172 g/mol. The van der Waals surface area contributed by atoms with E-state index in [-0.39, 0.29) is 11.9 Å². The molecule has 3 nitrogen and oxygen atoms in total. The second-order valence-corrected chi connectivity index (χ2v) is 3.69. The lowest BCUT2D eigenvalue weighted by Crippen LogP contribution is -2.44. The van der Waals surface area contributed by atoms with Crippen LogP contribution in [0.1, 0.15) is 32.1 Å². The van der Waals surface area contributed by atoms with Crippen molar-refractivity contribution in [2.75, 3.05) is 13.2 Å². The first-order valence-electron chi connectivity index (χ1n) is 4.77. The van der Waals surface area contributed by atoms with Crippen molar-refractivity contribution >= 4 is 0 Å². The smallest absolute Gasteiger partial charge is 0.168 e. The molecule has 1 aliphatic heterocycles. The van der Waals surface area contributed by atoms with E-state index in [1.54, 1.807) is 0 Å². The van der Waals surface area contributed by atoms with Gasteiger partial charge in [0.15, 0.2) is 5.79 Å². The van der Waals surface area contributed by atoms with E-state index < -0.39 is 0 Å². The first kappa shape index (κ1) is 8.48. The Bertz CT molecular complexity index is 142. The molecule has 2 fully saturated rings. The Labute approximate surface area is 72.7 Å². The number of rotatable bonds is 0. The fourth-order valence-electron chi connectivity index (χ4n) is 1.95. The maximum absolute atomic E-state index is 9.31. The van der Waals surface area contributed by atoms with Crippen molar-refractivity contribution in [1.29, 1.82) is 0 Å². The summed E-state index contributed by atoms with van der Waals surface area (Å²) in [5, 5.41) is 9.31.